The Morgan fingerprint density at radius 3 is 2.44 bits per heavy atom. The van der Waals surface area contributed by atoms with Gasteiger partial charge in [0.1, 0.15) is 4.60 Å². The Bertz CT molecular complexity index is 506. The highest BCUT2D eigenvalue weighted by Crippen LogP contribution is 2.17. The van der Waals surface area contributed by atoms with Gasteiger partial charge in [-0.1, -0.05) is 32.0 Å². The summed E-state index contributed by atoms with van der Waals surface area (Å²) in [5.74, 6) is 0.575. The van der Waals surface area contributed by atoms with Gasteiger partial charge in [0.25, 0.3) is 0 Å². The van der Waals surface area contributed by atoms with Crippen molar-refractivity contribution >= 4 is 21.6 Å². The van der Waals surface area contributed by atoms with Crippen LogP contribution in [0.4, 0.5) is 5.69 Å². The number of pyridine rings is 1. The highest BCUT2D eigenvalue weighted by Gasteiger charge is 1.99. The molecule has 94 valence electrons. The summed E-state index contributed by atoms with van der Waals surface area (Å²) in [6, 6.07) is 14.5. The van der Waals surface area contributed by atoms with E-state index in [4.69, 9.17) is 0 Å². The van der Waals surface area contributed by atoms with E-state index in [2.05, 4.69) is 64.3 Å². The average Bonchev–Trinajstić information content (AvgIpc) is 2.37. The Balaban J connectivity index is 1.98. The maximum Gasteiger partial charge on any atom is 0.106 e. The summed E-state index contributed by atoms with van der Waals surface area (Å²) >= 11 is 3.37. The lowest BCUT2D eigenvalue weighted by atomic mass is 10.0. The monoisotopic (exact) mass is 304 g/mol. The fraction of sp³-hybridized carbons (Fsp3) is 0.267. The Morgan fingerprint density at radius 2 is 1.83 bits per heavy atom. The van der Waals surface area contributed by atoms with Gasteiger partial charge in [0.15, 0.2) is 0 Å². The van der Waals surface area contributed by atoms with E-state index < -0.39 is 0 Å². The van der Waals surface area contributed by atoms with Crippen molar-refractivity contribution in [1.82, 2.24) is 4.98 Å². The number of anilines is 1. The van der Waals surface area contributed by atoms with Gasteiger partial charge in [-0.25, -0.2) is 4.98 Å². The summed E-state index contributed by atoms with van der Waals surface area (Å²) in [6.07, 6.45) is 0. The van der Waals surface area contributed by atoms with E-state index in [0.29, 0.717) is 5.92 Å². The van der Waals surface area contributed by atoms with Crippen LogP contribution in [0.1, 0.15) is 31.0 Å². The minimum Gasteiger partial charge on any atom is -0.379 e. The molecule has 0 aliphatic rings. The van der Waals surface area contributed by atoms with E-state index in [1.807, 2.05) is 18.2 Å². The van der Waals surface area contributed by atoms with Gasteiger partial charge in [-0.05, 0) is 51.7 Å². The zero-order valence-electron chi connectivity index (χ0n) is 10.7. The number of rotatable bonds is 4. The maximum absolute atomic E-state index is 4.39. The molecule has 0 bridgehead atoms. The van der Waals surface area contributed by atoms with Crippen molar-refractivity contribution in [3.8, 4) is 0 Å². The molecule has 18 heavy (non-hydrogen) atoms. The zero-order valence-corrected chi connectivity index (χ0v) is 12.2. The Hall–Kier alpha value is -1.35. The number of nitrogens with zero attached hydrogens (tertiary/aromatic N) is 1. The summed E-state index contributed by atoms with van der Waals surface area (Å²) in [5.41, 5.74) is 3.51. The van der Waals surface area contributed by atoms with Crippen LogP contribution in [-0.2, 0) is 6.54 Å². The largest absolute Gasteiger partial charge is 0.379 e. The first-order valence-corrected chi connectivity index (χ1v) is 6.90. The quantitative estimate of drug-likeness (QED) is 0.836. The van der Waals surface area contributed by atoms with Crippen LogP contribution in [0.5, 0.6) is 0 Å². The third-order valence-electron chi connectivity index (χ3n) is 2.82. The molecule has 0 spiro atoms. The van der Waals surface area contributed by atoms with Gasteiger partial charge in [0.2, 0.25) is 0 Å². The van der Waals surface area contributed by atoms with Crippen LogP contribution in [-0.4, -0.2) is 4.98 Å². The SMILES string of the molecule is CC(C)c1ccc(NCc2cccc(Br)n2)cc1. The number of halogens is 1. The Morgan fingerprint density at radius 1 is 1.11 bits per heavy atom. The van der Waals surface area contributed by atoms with Gasteiger partial charge in [-0.2, -0.15) is 0 Å². The highest BCUT2D eigenvalue weighted by atomic mass is 79.9. The molecule has 2 aromatic rings. The molecule has 0 saturated carbocycles. The number of aromatic nitrogens is 1. The fourth-order valence-electron chi connectivity index (χ4n) is 1.73. The topological polar surface area (TPSA) is 24.9 Å². The van der Waals surface area contributed by atoms with Crippen molar-refractivity contribution in [2.75, 3.05) is 5.32 Å². The van der Waals surface area contributed by atoms with Crippen molar-refractivity contribution in [1.29, 1.82) is 0 Å². The molecule has 1 heterocycles. The lowest BCUT2D eigenvalue weighted by Crippen LogP contribution is -2.01. The van der Waals surface area contributed by atoms with Crippen molar-refractivity contribution in [3.63, 3.8) is 0 Å². The van der Waals surface area contributed by atoms with Gasteiger partial charge in [0.05, 0.1) is 12.2 Å². The number of hydrogen-bond acceptors (Lipinski definition) is 2. The van der Waals surface area contributed by atoms with E-state index >= 15 is 0 Å². The minimum atomic E-state index is 0.575. The lowest BCUT2D eigenvalue weighted by Gasteiger charge is -2.09. The van der Waals surface area contributed by atoms with E-state index in [1.165, 1.54) is 5.56 Å². The molecule has 1 aromatic heterocycles. The van der Waals surface area contributed by atoms with Crippen LogP contribution in [0.15, 0.2) is 47.1 Å². The molecule has 0 unspecified atom stereocenters. The maximum atomic E-state index is 4.39. The molecule has 1 aromatic carbocycles. The van der Waals surface area contributed by atoms with Crippen molar-refractivity contribution in [3.05, 3.63) is 58.3 Å². The van der Waals surface area contributed by atoms with E-state index in [0.717, 1.165) is 22.5 Å². The molecule has 1 N–H and O–H groups in total. The molecule has 0 aliphatic heterocycles. The van der Waals surface area contributed by atoms with Crippen molar-refractivity contribution in [2.24, 2.45) is 0 Å². The second kappa shape index (κ2) is 6.01. The second-order valence-electron chi connectivity index (χ2n) is 4.58. The molecular weight excluding hydrogens is 288 g/mol. The standard InChI is InChI=1S/C15H17BrN2/c1-11(2)12-6-8-13(9-7-12)17-10-14-4-3-5-15(16)18-14/h3-9,11,17H,10H2,1-2H3. The summed E-state index contributed by atoms with van der Waals surface area (Å²) in [6.45, 7) is 5.14. The van der Waals surface area contributed by atoms with Crippen LogP contribution in [0.2, 0.25) is 0 Å². The van der Waals surface area contributed by atoms with Gasteiger partial charge in [-0.3, -0.25) is 0 Å². The summed E-state index contributed by atoms with van der Waals surface area (Å²) in [4.78, 5) is 4.39. The van der Waals surface area contributed by atoms with Crippen LogP contribution >= 0.6 is 15.9 Å². The van der Waals surface area contributed by atoms with E-state index in [9.17, 15) is 0 Å². The average molecular weight is 305 g/mol. The molecular formula is C15H17BrN2. The first kappa shape index (κ1) is 13.1. The molecule has 0 radical (unpaired) electrons. The van der Waals surface area contributed by atoms with Gasteiger partial charge < -0.3 is 5.32 Å². The predicted octanol–water partition coefficient (Wildman–Crippen LogP) is 4.58. The third-order valence-corrected chi connectivity index (χ3v) is 3.27. The highest BCUT2D eigenvalue weighted by molar-refractivity contribution is 9.10. The summed E-state index contributed by atoms with van der Waals surface area (Å²) in [5, 5.41) is 3.37. The van der Waals surface area contributed by atoms with Crippen molar-refractivity contribution in [2.45, 2.75) is 26.3 Å². The molecule has 0 fully saturated rings. The molecule has 0 atom stereocenters. The Kier molecular flexibility index (Phi) is 4.37. The smallest absolute Gasteiger partial charge is 0.106 e. The van der Waals surface area contributed by atoms with Gasteiger partial charge in [-0.15, -0.1) is 0 Å². The first-order valence-electron chi connectivity index (χ1n) is 6.10. The summed E-state index contributed by atoms with van der Waals surface area (Å²) in [7, 11) is 0. The Labute approximate surface area is 117 Å². The fourth-order valence-corrected chi connectivity index (χ4v) is 2.11. The molecule has 0 saturated heterocycles. The van der Waals surface area contributed by atoms with E-state index in [1.54, 1.807) is 0 Å². The molecule has 2 nitrogen and oxygen atoms in total. The number of nitrogens with one attached hydrogen (secondary N) is 1. The minimum absolute atomic E-state index is 0.575. The predicted molar refractivity (Wildman–Crippen MR) is 79.8 cm³/mol. The van der Waals surface area contributed by atoms with Gasteiger partial charge >= 0.3 is 0 Å². The van der Waals surface area contributed by atoms with Crippen LogP contribution in [0, 0.1) is 0 Å². The van der Waals surface area contributed by atoms with Crippen molar-refractivity contribution < 1.29 is 0 Å². The molecule has 0 amide bonds. The molecule has 2 rings (SSSR count). The van der Waals surface area contributed by atoms with Crippen LogP contribution in [0.3, 0.4) is 0 Å². The number of hydrogen-bond donors (Lipinski definition) is 1. The molecule has 3 heteroatoms. The third kappa shape index (κ3) is 3.57. The van der Waals surface area contributed by atoms with Crippen LogP contribution in [0.25, 0.3) is 0 Å². The summed E-state index contributed by atoms with van der Waals surface area (Å²) < 4.78 is 0.872. The van der Waals surface area contributed by atoms with Crippen LogP contribution < -0.4 is 5.32 Å². The lowest BCUT2D eigenvalue weighted by molar-refractivity contribution is 0.866. The van der Waals surface area contributed by atoms with Gasteiger partial charge in [0, 0.05) is 5.69 Å². The second-order valence-corrected chi connectivity index (χ2v) is 5.39. The molecule has 0 aliphatic carbocycles. The first-order chi connectivity index (χ1) is 8.65. The normalized spacial score (nSPS) is 10.7. The van der Waals surface area contributed by atoms with E-state index in [-0.39, 0.29) is 0 Å². The number of benzene rings is 1. The zero-order chi connectivity index (χ0) is 13.0.